The third-order valence-corrected chi connectivity index (χ3v) is 10.7. The monoisotopic (exact) mass is 792 g/mol. The number of ether oxygens (including phenoxy) is 3. The summed E-state index contributed by atoms with van der Waals surface area (Å²) in [5.74, 6) is -0.554. The minimum Gasteiger partial charge on any atom is -0.485 e. The van der Waals surface area contributed by atoms with E-state index in [0.717, 1.165) is 25.3 Å². The van der Waals surface area contributed by atoms with Crippen molar-refractivity contribution in [3.8, 4) is 11.8 Å². The maximum absolute atomic E-state index is 14.3. The Bertz CT molecular complexity index is 1700. The lowest BCUT2D eigenvalue weighted by Gasteiger charge is -2.28. The van der Waals surface area contributed by atoms with Crippen molar-refractivity contribution in [1.29, 1.82) is 5.26 Å². The number of phosphoric acid groups is 1. The second-order valence-electron chi connectivity index (χ2n) is 14.2. The van der Waals surface area contributed by atoms with E-state index in [1.807, 2.05) is 0 Å². The van der Waals surface area contributed by atoms with Gasteiger partial charge in [0.1, 0.15) is 60.5 Å². The van der Waals surface area contributed by atoms with Crippen LogP contribution in [0.5, 0.6) is 5.75 Å². The molecule has 1 unspecified atom stereocenters. The van der Waals surface area contributed by atoms with E-state index >= 15 is 0 Å². The maximum Gasteiger partial charge on any atom is 0.472 e. The molecule has 1 fully saturated rings. The number of fused-ring (bicyclic) bond motifs is 1. The van der Waals surface area contributed by atoms with Crippen molar-refractivity contribution in [3.05, 3.63) is 53.7 Å². The summed E-state index contributed by atoms with van der Waals surface area (Å²) in [6.07, 6.45) is 14.3. The van der Waals surface area contributed by atoms with Gasteiger partial charge in [-0.15, -0.1) is 0 Å². The summed E-state index contributed by atoms with van der Waals surface area (Å²) in [5, 5.41) is 34.8. The number of hydrogen-bond donors (Lipinski definition) is 5. The van der Waals surface area contributed by atoms with Crippen molar-refractivity contribution < 1.29 is 47.3 Å². The number of nitriles is 1. The lowest BCUT2D eigenvalue weighted by molar-refractivity contribution is -0.108. The van der Waals surface area contributed by atoms with Crippen molar-refractivity contribution in [2.24, 2.45) is 5.73 Å². The average Bonchev–Trinajstić information content (AvgIpc) is 3.70. The Morgan fingerprint density at radius 1 is 0.982 bits per heavy atom. The molecule has 0 radical (unpaired) electrons. The summed E-state index contributed by atoms with van der Waals surface area (Å²) in [5.41, 5.74) is 10.6. The van der Waals surface area contributed by atoms with E-state index in [9.17, 15) is 24.1 Å². The number of aromatic nitrogens is 3. The zero-order chi connectivity index (χ0) is 39.7. The van der Waals surface area contributed by atoms with Crippen molar-refractivity contribution >= 4 is 19.2 Å². The highest BCUT2D eigenvalue weighted by atomic mass is 31.2. The summed E-state index contributed by atoms with van der Waals surface area (Å²) in [4.78, 5) is 14.5. The fraction of sp³-hybridized carbons (Fsp3) is 0.658. The summed E-state index contributed by atoms with van der Waals surface area (Å²) in [6.45, 7) is 1.23. The molecule has 2 aromatic heterocycles. The molecule has 4 rings (SSSR count). The third kappa shape index (κ3) is 13.7. The Kier molecular flexibility index (Phi) is 18.2. The highest BCUT2D eigenvalue weighted by molar-refractivity contribution is 7.47. The fourth-order valence-electron chi connectivity index (χ4n) is 6.53. The number of aliphatic hydroxyl groups is 2. The zero-order valence-corrected chi connectivity index (χ0v) is 32.7. The van der Waals surface area contributed by atoms with Gasteiger partial charge in [0.05, 0.1) is 24.5 Å². The van der Waals surface area contributed by atoms with Crippen LogP contribution in [0, 0.1) is 17.1 Å². The predicted octanol–water partition coefficient (Wildman–Crippen LogP) is 6.24. The van der Waals surface area contributed by atoms with Crippen LogP contribution in [0.1, 0.15) is 121 Å². The Hall–Kier alpha value is -3.23. The molecule has 0 spiro atoms. The SMILES string of the molecule is CCCCCCCCCCCCCCCCCOC[C@H](COP(=O)(O)OC[C@@]1(N)O[C@@H](c2ccc3c(N)ncnn23)[C@H](O)[C@@H]1O)Oc1ccc(C#N)c(F)c1. The molecule has 1 aliphatic rings. The van der Waals surface area contributed by atoms with Gasteiger partial charge >= 0.3 is 7.82 Å². The first-order chi connectivity index (χ1) is 26.5. The second-order valence-corrected chi connectivity index (χ2v) is 15.6. The smallest absolute Gasteiger partial charge is 0.472 e. The van der Waals surface area contributed by atoms with Crippen LogP contribution in [0.4, 0.5) is 10.2 Å². The van der Waals surface area contributed by atoms with Crippen LogP contribution in [-0.2, 0) is 23.1 Å². The van der Waals surface area contributed by atoms with Gasteiger partial charge in [0, 0.05) is 12.7 Å². The third-order valence-electron chi connectivity index (χ3n) is 9.72. The molecule has 0 saturated carbocycles. The highest BCUT2D eigenvalue weighted by Crippen LogP contribution is 2.46. The number of nitrogens with two attached hydrogens (primary N) is 2. The van der Waals surface area contributed by atoms with E-state index in [2.05, 4.69) is 17.0 Å². The number of unbranched alkanes of at least 4 members (excludes halogenated alkanes) is 14. The van der Waals surface area contributed by atoms with E-state index in [4.69, 9.17) is 40.0 Å². The maximum atomic E-state index is 14.3. The fourth-order valence-corrected chi connectivity index (χ4v) is 7.32. The van der Waals surface area contributed by atoms with Crippen LogP contribution in [-0.4, -0.2) is 80.2 Å². The summed E-state index contributed by atoms with van der Waals surface area (Å²) in [6, 6.07) is 8.59. The van der Waals surface area contributed by atoms with Crippen LogP contribution in [0.2, 0.25) is 0 Å². The largest absolute Gasteiger partial charge is 0.485 e. The highest BCUT2D eigenvalue weighted by Gasteiger charge is 2.54. The minimum atomic E-state index is -4.87. The van der Waals surface area contributed by atoms with Crippen LogP contribution in [0.3, 0.4) is 0 Å². The summed E-state index contributed by atoms with van der Waals surface area (Å²) in [7, 11) is -4.87. The molecule has 1 aromatic carbocycles. The lowest BCUT2D eigenvalue weighted by atomic mass is 10.0. The summed E-state index contributed by atoms with van der Waals surface area (Å²) >= 11 is 0. The summed E-state index contributed by atoms with van der Waals surface area (Å²) < 4.78 is 56.4. The van der Waals surface area contributed by atoms with Gasteiger partial charge in [0.25, 0.3) is 0 Å². The predicted molar refractivity (Wildman–Crippen MR) is 203 cm³/mol. The molecule has 17 heteroatoms. The van der Waals surface area contributed by atoms with Crippen LogP contribution in [0.15, 0.2) is 36.7 Å². The molecule has 3 heterocycles. The topological polar surface area (TPSA) is 230 Å². The van der Waals surface area contributed by atoms with Crippen molar-refractivity contribution in [2.45, 2.75) is 133 Å². The molecule has 3 aromatic rings. The molecule has 306 valence electrons. The van der Waals surface area contributed by atoms with Gasteiger partial charge in [-0.1, -0.05) is 96.8 Å². The van der Waals surface area contributed by atoms with Gasteiger partial charge in [-0.05, 0) is 30.7 Å². The molecule has 0 amide bonds. The van der Waals surface area contributed by atoms with E-state index < -0.39 is 57.0 Å². The number of rotatable bonds is 27. The Morgan fingerprint density at radius 2 is 1.62 bits per heavy atom. The number of hydrogen-bond acceptors (Lipinski definition) is 13. The zero-order valence-electron chi connectivity index (χ0n) is 31.8. The van der Waals surface area contributed by atoms with E-state index in [0.29, 0.717) is 17.8 Å². The van der Waals surface area contributed by atoms with Crippen LogP contribution >= 0.6 is 7.82 Å². The van der Waals surface area contributed by atoms with Gasteiger partial charge in [0.15, 0.2) is 11.5 Å². The number of phosphoric ester groups is 1. The molecule has 0 aliphatic carbocycles. The minimum absolute atomic E-state index is 0.0581. The van der Waals surface area contributed by atoms with Gasteiger partial charge in [0.2, 0.25) is 0 Å². The molecule has 0 bridgehead atoms. The first kappa shape index (κ1) is 44.5. The number of nitrogen functional groups attached to an aromatic ring is 1. The molecule has 7 N–H and O–H groups in total. The first-order valence-electron chi connectivity index (χ1n) is 19.4. The molecular formula is C38H58FN6O9P. The van der Waals surface area contributed by atoms with Gasteiger partial charge in [-0.25, -0.2) is 18.5 Å². The molecule has 6 atom stereocenters. The number of benzene rings is 1. The molecule has 1 aliphatic heterocycles. The average molecular weight is 793 g/mol. The molecule has 1 saturated heterocycles. The number of halogens is 1. The Morgan fingerprint density at radius 3 is 2.24 bits per heavy atom. The number of aliphatic hydroxyl groups excluding tert-OH is 2. The van der Waals surface area contributed by atoms with E-state index in [1.165, 1.54) is 100 Å². The molecular weight excluding hydrogens is 734 g/mol. The second kappa shape index (κ2) is 22.5. The quantitative estimate of drug-likeness (QED) is 0.0425. The molecule has 55 heavy (non-hydrogen) atoms. The number of nitrogens with zero attached hydrogens (tertiary/aromatic N) is 4. The van der Waals surface area contributed by atoms with Gasteiger partial charge in [-0.2, -0.15) is 10.4 Å². The van der Waals surface area contributed by atoms with Crippen LogP contribution in [0.25, 0.3) is 5.52 Å². The Balaban J connectivity index is 1.20. The van der Waals surface area contributed by atoms with E-state index in [1.54, 1.807) is 18.2 Å². The van der Waals surface area contributed by atoms with E-state index in [-0.39, 0.29) is 23.7 Å². The standard InChI is InChI=1S/C38H58FN6O9P/c1-2-3-4-5-6-7-8-9-10-11-12-13-14-15-16-21-50-24-30(53-29-18-17-28(23-40)31(39)22-29)25-51-55(48,49)52-26-38(42)36(47)34(46)35(54-38)32-19-20-33-37(41)43-27-44-45(32)33/h17-20,22,27,30,34-36,46-47H,2-16,21,24-26,42H2,1H3,(H,48,49)(H2,41,43,44)/t30-,34+,35+,36+,38-/m1/s1. The van der Waals surface area contributed by atoms with Gasteiger partial charge in [-0.3, -0.25) is 14.8 Å². The van der Waals surface area contributed by atoms with Crippen molar-refractivity contribution in [1.82, 2.24) is 14.6 Å². The first-order valence-corrected chi connectivity index (χ1v) is 20.9. The van der Waals surface area contributed by atoms with Crippen molar-refractivity contribution in [3.63, 3.8) is 0 Å². The van der Waals surface area contributed by atoms with Gasteiger partial charge < -0.3 is 35.1 Å². The molecule has 15 nitrogen and oxygen atoms in total. The number of anilines is 1. The van der Waals surface area contributed by atoms with Crippen molar-refractivity contribution in [2.75, 3.05) is 32.2 Å². The lowest BCUT2D eigenvalue weighted by Crippen LogP contribution is -2.54. The normalized spacial score (nSPS) is 21.4. The van der Waals surface area contributed by atoms with Crippen LogP contribution < -0.4 is 16.2 Å². The Labute approximate surface area is 322 Å².